The van der Waals surface area contributed by atoms with Crippen molar-refractivity contribution in [2.75, 3.05) is 0 Å². The van der Waals surface area contributed by atoms with Crippen molar-refractivity contribution in [2.45, 2.75) is 66.7 Å². The predicted octanol–water partition coefficient (Wildman–Crippen LogP) is 5.95. The summed E-state index contributed by atoms with van der Waals surface area (Å²) in [5.74, 6) is 1.73. The van der Waals surface area contributed by atoms with E-state index in [1.54, 1.807) is 5.56 Å². The lowest BCUT2D eigenvalue weighted by Gasteiger charge is -2.37. The van der Waals surface area contributed by atoms with Crippen molar-refractivity contribution in [3.05, 3.63) is 35.4 Å². The average Bonchev–Trinajstić information content (AvgIpc) is 2.28. The van der Waals surface area contributed by atoms with Crippen LogP contribution >= 0.6 is 0 Å². The molecule has 1 aromatic rings. The zero-order valence-electron chi connectivity index (χ0n) is 11.8. The summed E-state index contributed by atoms with van der Waals surface area (Å²) in [4.78, 5) is 0. The summed E-state index contributed by atoms with van der Waals surface area (Å²) in [5.41, 5.74) is 3.47. The van der Waals surface area contributed by atoms with Gasteiger partial charge >= 0.3 is 0 Å². The molecule has 1 aromatic carbocycles. The second-order valence-electron chi connectivity index (χ2n) is 6.83. The van der Waals surface area contributed by atoms with E-state index in [4.69, 9.17) is 0 Å². The van der Waals surface area contributed by atoms with Crippen LogP contribution in [-0.2, 0) is 0 Å². The molecule has 2 rings (SSSR count). The van der Waals surface area contributed by atoms with Crippen molar-refractivity contribution in [2.24, 2.45) is 11.3 Å². The highest BCUT2D eigenvalue weighted by atomic mass is 14.3. The van der Waals surface area contributed by atoms with Gasteiger partial charge in [0.2, 0.25) is 0 Å². The number of aryl methyl sites for hydroxylation is 1. The Hall–Kier alpha value is -0.780. The molecule has 0 amide bonds. The maximum atomic E-state index is 2.39. The van der Waals surface area contributed by atoms with Gasteiger partial charge in [-0.3, -0.25) is 0 Å². The maximum absolute atomic E-state index is 2.39. The zero-order valence-corrected chi connectivity index (χ0v) is 11.8. The minimum atomic E-state index is 0. The van der Waals surface area contributed by atoms with Crippen LogP contribution in [0, 0.1) is 18.3 Å². The lowest BCUT2D eigenvalue weighted by molar-refractivity contribution is 0.169. The molecule has 0 radical (unpaired) electrons. The summed E-state index contributed by atoms with van der Waals surface area (Å²) in [6.07, 6.45) is 5.57. The minimum absolute atomic E-state index is 0. The average molecular weight is 246 g/mol. The summed E-state index contributed by atoms with van der Waals surface area (Å²) in [6, 6.07) is 9.10. The fourth-order valence-corrected chi connectivity index (χ4v) is 3.22. The molecule has 1 aliphatic rings. The summed E-state index contributed by atoms with van der Waals surface area (Å²) in [5, 5.41) is 0. The van der Waals surface area contributed by atoms with Crippen LogP contribution in [0.5, 0.6) is 0 Å². The van der Waals surface area contributed by atoms with E-state index >= 15 is 0 Å². The van der Waals surface area contributed by atoms with E-state index in [1.807, 2.05) is 0 Å². The molecule has 0 bridgehead atoms. The van der Waals surface area contributed by atoms with Gasteiger partial charge in [0, 0.05) is 0 Å². The van der Waals surface area contributed by atoms with Crippen LogP contribution in [0.1, 0.15) is 70.9 Å². The Labute approximate surface area is 114 Å². The third-order valence-electron chi connectivity index (χ3n) is 4.47. The Morgan fingerprint density at radius 3 is 2.11 bits per heavy atom. The van der Waals surface area contributed by atoms with Gasteiger partial charge in [-0.1, -0.05) is 58.0 Å². The number of hydrogen-bond donors (Lipinski definition) is 0. The van der Waals surface area contributed by atoms with Crippen LogP contribution in [0.4, 0.5) is 0 Å². The molecule has 1 fully saturated rings. The lowest BCUT2D eigenvalue weighted by atomic mass is 9.68. The van der Waals surface area contributed by atoms with Gasteiger partial charge in [0.05, 0.1) is 0 Å². The Kier molecular flexibility index (Phi) is 5.01. The van der Waals surface area contributed by atoms with Gasteiger partial charge in [0.25, 0.3) is 0 Å². The van der Waals surface area contributed by atoms with Crippen LogP contribution in [-0.4, -0.2) is 0 Å². The predicted molar refractivity (Wildman–Crippen MR) is 82.1 cm³/mol. The number of rotatable bonds is 1. The van der Waals surface area contributed by atoms with Crippen molar-refractivity contribution >= 4 is 0 Å². The smallest absolute Gasteiger partial charge is 0.0162 e. The Morgan fingerprint density at radius 1 is 1.00 bits per heavy atom. The summed E-state index contributed by atoms with van der Waals surface area (Å²) >= 11 is 0. The SMILES string of the molecule is C.Cc1cccc(C2CCC(C(C)(C)C)CC2)c1. The first kappa shape index (κ1) is 15.3. The van der Waals surface area contributed by atoms with E-state index in [1.165, 1.54) is 31.2 Å². The summed E-state index contributed by atoms with van der Waals surface area (Å²) in [6.45, 7) is 9.38. The van der Waals surface area contributed by atoms with E-state index in [-0.39, 0.29) is 7.43 Å². The van der Waals surface area contributed by atoms with Crippen molar-refractivity contribution in [3.63, 3.8) is 0 Å². The van der Waals surface area contributed by atoms with E-state index in [2.05, 4.69) is 52.0 Å². The molecule has 0 spiro atoms. The summed E-state index contributed by atoms with van der Waals surface area (Å²) in [7, 11) is 0. The van der Waals surface area contributed by atoms with Crippen LogP contribution in [0.15, 0.2) is 24.3 Å². The van der Waals surface area contributed by atoms with E-state index in [9.17, 15) is 0 Å². The van der Waals surface area contributed by atoms with Gasteiger partial charge in [-0.2, -0.15) is 0 Å². The van der Waals surface area contributed by atoms with Crippen LogP contribution in [0.2, 0.25) is 0 Å². The molecule has 0 nitrogen and oxygen atoms in total. The number of hydrogen-bond acceptors (Lipinski definition) is 0. The molecular weight excluding hydrogens is 216 g/mol. The molecule has 1 saturated carbocycles. The first-order valence-corrected chi connectivity index (χ1v) is 7.03. The zero-order chi connectivity index (χ0) is 12.5. The largest absolute Gasteiger partial charge is 0.0776 e. The second kappa shape index (κ2) is 5.91. The molecule has 0 heteroatoms. The number of benzene rings is 1. The molecule has 0 unspecified atom stereocenters. The Morgan fingerprint density at radius 2 is 1.61 bits per heavy atom. The molecule has 0 heterocycles. The van der Waals surface area contributed by atoms with Crippen molar-refractivity contribution in [3.8, 4) is 0 Å². The molecule has 0 aliphatic heterocycles. The van der Waals surface area contributed by atoms with Gasteiger partial charge < -0.3 is 0 Å². The van der Waals surface area contributed by atoms with Gasteiger partial charge in [-0.05, 0) is 55.4 Å². The lowest BCUT2D eigenvalue weighted by Crippen LogP contribution is -2.25. The second-order valence-corrected chi connectivity index (χ2v) is 6.83. The first-order chi connectivity index (χ1) is 7.97. The fraction of sp³-hybridized carbons (Fsp3) is 0.667. The highest BCUT2D eigenvalue weighted by Gasteiger charge is 2.30. The quantitative estimate of drug-likeness (QED) is 0.574. The van der Waals surface area contributed by atoms with Crippen LogP contribution in [0.25, 0.3) is 0 Å². The first-order valence-electron chi connectivity index (χ1n) is 7.03. The van der Waals surface area contributed by atoms with Gasteiger partial charge in [-0.15, -0.1) is 0 Å². The molecule has 0 saturated heterocycles. The topological polar surface area (TPSA) is 0 Å². The van der Waals surface area contributed by atoms with E-state index in [0.29, 0.717) is 5.41 Å². The highest BCUT2D eigenvalue weighted by Crippen LogP contribution is 2.43. The Balaban J connectivity index is 0.00000162. The molecule has 0 atom stereocenters. The van der Waals surface area contributed by atoms with Crippen molar-refractivity contribution in [1.29, 1.82) is 0 Å². The summed E-state index contributed by atoms with van der Waals surface area (Å²) < 4.78 is 0. The molecule has 1 aliphatic carbocycles. The van der Waals surface area contributed by atoms with Gasteiger partial charge in [0.1, 0.15) is 0 Å². The van der Waals surface area contributed by atoms with Crippen molar-refractivity contribution < 1.29 is 0 Å². The molecule has 0 N–H and O–H groups in total. The highest BCUT2D eigenvalue weighted by molar-refractivity contribution is 5.25. The third-order valence-corrected chi connectivity index (χ3v) is 4.47. The monoisotopic (exact) mass is 246 g/mol. The van der Waals surface area contributed by atoms with E-state index < -0.39 is 0 Å². The van der Waals surface area contributed by atoms with Crippen LogP contribution < -0.4 is 0 Å². The molecule has 0 aromatic heterocycles. The Bertz CT molecular complexity index is 362. The van der Waals surface area contributed by atoms with Gasteiger partial charge in [0.15, 0.2) is 0 Å². The van der Waals surface area contributed by atoms with Gasteiger partial charge in [-0.25, -0.2) is 0 Å². The fourth-order valence-electron chi connectivity index (χ4n) is 3.22. The molecule has 102 valence electrons. The normalized spacial score (nSPS) is 24.4. The molecule has 18 heavy (non-hydrogen) atoms. The third kappa shape index (κ3) is 3.60. The standard InChI is InChI=1S/C17H26.CH4/c1-13-6-5-7-15(12-13)14-8-10-16(11-9-14)17(2,3)4;/h5-7,12,14,16H,8-11H2,1-4H3;1H4. The van der Waals surface area contributed by atoms with Crippen LogP contribution in [0.3, 0.4) is 0 Å². The maximum Gasteiger partial charge on any atom is -0.0162 e. The molecular formula is C18H30. The minimum Gasteiger partial charge on any atom is -0.0776 e. The van der Waals surface area contributed by atoms with E-state index in [0.717, 1.165) is 11.8 Å². The van der Waals surface area contributed by atoms with Crippen molar-refractivity contribution in [1.82, 2.24) is 0 Å².